The summed E-state index contributed by atoms with van der Waals surface area (Å²) < 4.78 is 5.14. The van der Waals surface area contributed by atoms with Crippen molar-refractivity contribution in [2.24, 2.45) is 0 Å². The fourth-order valence-electron chi connectivity index (χ4n) is 2.07. The van der Waals surface area contributed by atoms with Crippen LogP contribution in [0, 0.1) is 0 Å². The van der Waals surface area contributed by atoms with E-state index in [4.69, 9.17) is 4.42 Å². The van der Waals surface area contributed by atoms with Crippen molar-refractivity contribution in [2.75, 3.05) is 0 Å². The van der Waals surface area contributed by atoms with Gasteiger partial charge in [0.15, 0.2) is 5.69 Å². The van der Waals surface area contributed by atoms with Crippen LogP contribution in [0.25, 0.3) is 0 Å². The summed E-state index contributed by atoms with van der Waals surface area (Å²) in [7, 11) is 0. The molecular weight excluding hydrogens is 310 g/mol. The Balaban J connectivity index is 1.61. The molecule has 122 valence electrons. The van der Waals surface area contributed by atoms with Gasteiger partial charge in [0.2, 0.25) is 0 Å². The van der Waals surface area contributed by atoms with E-state index in [0.717, 1.165) is 0 Å². The number of furan rings is 1. The van der Waals surface area contributed by atoms with Gasteiger partial charge in [-0.05, 0) is 24.3 Å². The van der Waals surface area contributed by atoms with E-state index >= 15 is 0 Å². The molecule has 0 unspecified atom stereocenters. The molecule has 0 atom stereocenters. The maximum atomic E-state index is 12.2. The third-order valence-corrected chi connectivity index (χ3v) is 3.24. The first kappa shape index (κ1) is 15.5. The Labute approximate surface area is 137 Å². The van der Waals surface area contributed by atoms with Crippen LogP contribution < -0.4 is 10.6 Å². The first-order valence-electron chi connectivity index (χ1n) is 7.26. The topological polar surface area (TPSA) is 113 Å². The minimum atomic E-state index is -0.462. The fourth-order valence-corrected chi connectivity index (χ4v) is 2.07. The number of rotatable bonds is 6. The molecule has 0 aliphatic carbocycles. The predicted molar refractivity (Wildman–Crippen MR) is 83.9 cm³/mol. The lowest BCUT2D eigenvalue weighted by molar-refractivity contribution is 0.0909. The van der Waals surface area contributed by atoms with Gasteiger partial charge >= 0.3 is 0 Å². The largest absolute Gasteiger partial charge is 0.467 e. The second-order valence-corrected chi connectivity index (χ2v) is 4.89. The molecule has 2 amide bonds. The Bertz CT molecular complexity index is 811. The Morgan fingerprint density at radius 2 is 1.92 bits per heavy atom. The van der Waals surface area contributed by atoms with E-state index in [1.54, 1.807) is 30.5 Å². The lowest BCUT2D eigenvalue weighted by Gasteiger charge is -2.05. The van der Waals surface area contributed by atoms with Gasteiger partial charge in [-0.15, -0.1) is 0 Å². The number of nitrogens with zero attached hydrogens (tertiary/aromatic N) is 2. The number of nitrogens with one attached hydrogen (secondary N) is 3. The highest BCUT2D eigenvalue weighted by atomic mass is 16.3. The maximum absolute atomic E-state index is 12.2. The molecule has 3 aromatic rings. The lowest BCUT2D eigenvalue weighted by atomic mass is 10.2. The van der Waals surface area contributed by atoms with Crippen LogP contribution in [0.4, 0.5) is 0 Å². The first-order valence-corrected chi connectivity index (χ1v) is 7.26. The predicted octanol–water partition coefficient (Wildman–Crippen LogP) is 1.26. The Kier molecular flexibility index (Phi) is 4.66. The first-order chi connectivity index (χ1) is 11.7. The third kappa shape index (κ3) is 3.67. The van der Waals surface area contributed by atoms with Crippen LogP contribution in [-0.4, -0.2) is 26.8 Å². The summed E-state index contributed by atoms with van der Waals surface area (Å²) in [4.78, 5) is 35.1. The van der Waals surface area contributed by atoms with Crippen LogP contribution in [0.2, 0.25) is 0 Å². The average Bonchev–Trinajstić information content (AvgIpc) is 3.30. The van der Waals surface area contributed by atoms with Gasteiger partial charge in [0.25, 0.3) is 11.8 Å². The fraction of sp³-hybridized carbons (Fsp3) is 0.125. The van der Waals surface area contributed by atoms with E-state index in [9.17, 15) is 9.59 Å². The Morgan fingerprint density at radius 1 is 1.04 bits per heavy atom. The number of pyridine rings is 1. The molecular formula is C16H15N5O3. The van der Waals surface area contributed by atoms with E-state index in [0.29, 0.717) is 11.5 Å². The standard InChI is InChI=1S/C16H15N5O3/c22-15(18-8-11-4-1-2-6-17-11)13-14(21-10-20-13)16(23)19-9-12-5-3-7-24-12/h1-7,10H,8-9H2,(H,18,22)(H,19,23)(H,20,21). The normalized spacial score (nSPS) is 10.3. The number of aromatic amines is 1. The highest BCUT2D eigenvalue weighted by molar-refractivity contribution is 6.04. The molecule has 0 saturated carbocycles. The summed E-state index contributed by atoms with van der Waals surface area (Å²) in [5, 5.41) is 5.34. The molecule has 3 aromatic heterocycles. The molecule has 0 aromatic carbocycles. The second-order valence-electron chi connectivity index (χ2n) is 4.89. The van der Waals surface area contributed by atoms with Crippen molar-refractivity contribution in [3.05, 3.63) is 72.0 Å². The Hall–Kier alpha value is -3.42. The number of imidazole rings is 1. The summed E-state index contributed by atoms with van der Waals surface area (Å²) >= 11 is 0. The molecule has 24 heavy (non-hydrogen) atoms. The van der Waals surface area contributed by atoms with Crippen LogP contribution >= 0.6 is 0 Å². The number of hydrogen-bond donors (Lipinski definition) is 3. The molecule has 8 nitrogen and oxygen atoms in total. The van der Waals surface area contributed by atoms with Gasteiger partial charge in [-0.2, -0.15) is 0 Å². The van der Waals surface area contributed by atoms with Crippen LogP contribution in [0.5, 0.6) is 0 Å². The van der Waals surface area contributed by atoms with E-state index in [1.165, 1.54) is 12.6 Å². The molecule has 3 rings (SSSR count). The number of aromatic nitrogens is 3. The van der Waals surface area contributed by atoms with E-state index in [2.05, 4.69) is 25.6 Å². The smallest absolute Gasteiger partial charge is 0.272 e. The molecule has 0 fully saturated rings. The minimum Gasteiger partial charge on any atom is -0.467 e. The van der Waals surface area contributed by atoms with E-state index in [-0.39, 0.29) is 24.5 Å². The number of H-pyrrole nitrogens is 1. The molecule has 0 bridgehead atoms. The highest BCUT2D eigenvalue weighted by Crippen LogP contribution is 2.05. The quantitative estimate of drug-likeness (QED) is 0.631. The molecule has 0 aliphatic heterocycles. The number of amides is 2. The van der Waals surface area contributed by atoms with Gasteiger partial charge in [0.1, 0.15) is 11.5 Å². The van der Waals surface area contributed by atoms with E-state index < -0.39 is 11.8 Å². The lowest BCUT2D eigenvalue weighted by Crippen LogP contribution is -2.29. The minimum absolute atomic E-state index is 0.0278. The van der Waals surface area contributed by atoms with Crippen LogP contribution in [0.15, 0.2) is 53.5 Å². The summed E-state index contributed by atoms with van der Waals surface area (Å²) in [5.41, 5.74) is 0.845. The molecule has 3 N–H and O–H groups in total. The van der Waals surface area contributed by atoms with E-state index in [1.807, 2.05) is 6.07 Å². The number of hydrogen-bond acceptors (Lipinski definition) is 5. The van der Waals surface area contributed by atoms with Crippen LogP contribution in [0.3, 0.4) is 0 Å². The summed E-state index contributed by atoms with van der Waals surface area (Å²) in [6.07, 6.45) is 4.47. The molecule has 3 heterocycles. The molecule has 8 heteroatoms. The Morgan fingerprint density at radius 3 is 2.67 bits per heavy atom. The second kappa shape index (κ2) is 7.23. The highest BCUT2D eigenvalue weighted by Gasteiger charge is 2.20. The van der Waals surface area contributed by atoms with Crippen molar-refractivity contribution in [2.45, 2.75) is 13.1 Å². The van der Waals surface area contributed by atoms with Gasteiger partial charge in [-0.3, -0.25) is 14.6 Å². The zero-order valence-corrected chi connectivity index (χ0v) is 12.7. The van der Waals surface area contributed by atoms with Crippen molar-refractivity contribution in [1.82, 2.24) is 25.6 Å². The summed E-state index contributed by atoms with van der Waals surface area (Å²) in [6.45, 7) is 0.472. The SMILES string of the molecule is O=C(NCc1ccco1)c1nc[nH]c1C(=O)NCc1ccccn1. The number of carbonyl (C=O) groups excluding carboxylic acids is 2. The van der Waals surface area contributed by atoms with Crippen molar-refractivity contribution >= 4 is 11.8 Å². The molecule has 0 aliphatic rings. The van der Waals surface area contributed by atoms with Crippen molar-refractivity contribution in [3.63, 3.8) is 0 Å². The maximum Gasteiger partial charge on any atom is 0.272 e. The van der Waals surface area contributed by atoms with Crippen LogP contribution in [-0.2, 0) is 13.1 Å². The number of carbonyl (C=O) groups is 2. The van der Waals surface area contributed by atoms with Gasteiger partial charge in [-0.25, -0.2) is 4.98 Å². The third-order valence-electron chi connectivity index (χ3n) is 3.24. The summed E-state index contributed by atoms with van der Waals surface area (Å²) in [6, 6.07) is 8.89. The van der Waals surface area contributed by atoms with Crippen molar-refractivity contribution in [1.29, 1.82) is 0 Å². The molecule has 0 radical (unpaired) electrons. The molecule has 0 spiro atoms. The van der Waals surface area contributed by atoms with Gasteiger partial charge < -0.3 is 20.0 Å². The zero-order chi connectivity index (χ0) is 16.8. The van der Waals surface area contributed by atoms with Gasteiger partial charge in [0, 0.05) is 6.20 Å². The van der Waals surface area contributed by atoms with Gasteiger partial charge in [-0.1, -0.05) is 6.07 Å². The monoisotopic (exact) mass is 325 g/mol. The van der Waals surface area contributed by atoms with Gasteiger partial charge in [0.05, 0.1) is 31.4 Å². The molecule has 0 saturated heterocycles. The summed E-state index contributed by atoms with van der Waals surface area (Å²) in [5.74, 6) is -0.281. The van der Waals surface area contributed by atoms with Crippen molar-refractivity contribution < 1.29 is 14.0 Å². The zero-order valence-electron chi connectivity index (χ0n) is 12.7. The van der Waals surface area contributed by atoms with Crippen molar-refractivity contribution in [3.8, 4) is 0 Å². The van der Waals surface area contributed by atoms with Crippen LogP contribution in [0.1, 0.15) is 32.4 Å². The average molecular weight is 325 g/mol.